The minimum atomic E-state index is -0.0827. The minimum absolute atomic E-state index is 0.0827. The minimum Gasteiger partial charge on any atom is -0.493 e. The van der Waals surface area contributed by atoms with Gasteiger partial charge in [0.1, 0.15) is 0 Å². The van der Waals surface area contributed by atoms with E-state index in [1.165, 1.54) is 50.9 Å². The van der Waals surface area contributed by atoms with Crippen molar-refractivity contribution in [3.63, 3.8) is 0 Å². The molecule has 0 spiro atoms. The lowest BCUT2D eigenvalue weighted by molar-refractivity contribution is 0.203. The topological polar surface area (TPSA) is 58.1 Å². The number of hydrogen-bond acceptors (Lipinski definition) is 4. The molecule has 0 aromatic heterocycles. The maximum absolute atomic E-state index is 5.47. The van der Waals surface area contributed by atoms with E-state index in [0.717, 1.165) is 24.0 Å². The fourth-order valence-electron chi connectivity index (χ4n) is 3.73. The van der Waals surface area contributed by atoms with Crippen LogP contribution in [0.3, 0.4) is 0 Å². The van der Waals surface area contributed by atoms with E-state index in [1.54, 1.807) is 14.2 Å². The van der Waals surface area contributed by atoms with Gasteiger partial charge in [0.15, 0.2) is 17.5 Å². The SMILES string of the molecule is CCCCN1CCC(NC(=NC)NCC(C)(C)c2ccc(OC)c(OC)c2)CC1. The van der Waals surface area contributed by atoms with Gasteiger partial charge in [0.25, 0.3) is 0 Å². The average Bonchev–Trinajstić information content (AvgIpc) is 2.75. The van der Waals surface area contributed by atoms with Crippen molar-refractivity contribution in [3.8, 4) is 11.5 Å². The molecule has 0 unspecified atom stereocenters. The van der Waals surface area contributed by atoms with E-state index >= 15 is 0 Å². The standard InChI is InChI=1S/C23H40N4O2/c1-7-8-13-27-14-11-19(12-15-27)26-22(24-4)25-17-23(2,3)18-9-10-20(28-5)21(16-18)29-6/h9-10,16,19H,7-8,11-15,17H2,1-6H3,(H2,24,25,26). The van der Waals surface area contributed by atoms with Gasteiger partial charge in [-0.15, -0.1) is 0 Å². The van der Waals surface area contributed by atoms with Crippen molar-refractivity contribution in [2.75, 3.05) is 47.4 Å². The highest BCUT2D eigenvalue weighted by atomic mass is 16.5. The normalized spacial score (nSPS) is 16.6. The maximum Gasteiger partial charge on any atom is 0.191 e. The van der Waals surface area contributed by atoms with Crippen LogP contribution in [0.1, 0.15) is 52.0 Å². The molecule has 29 heavy (non-hydrogen) atoms. The van der Waals surface area contributed by atoms with E-state index in [4.69, 9.17) is 9.47 Å². The smallest absolute Gasteiger partial charge is 0.191 e. The number of ether oxygens (including phenoxy) is 2. The van der Waals surface area contributed by atoms with Crippen LogP contribution in [-0.2, 0) is 5.41 Å². The van der Waals surface area contributed by atoms with E-state index in [1.807, 2.05) is 13.1 Å². The Balaban J connectivity index is 1.88. The second-order valence-electron chi connectivity index (χ2n) is 8.49. The Labute approximate surface area is 177 Å². The molecule has 1 heterocycles. The highest BCUT2D eigenvalue weighted by Crippen LogP contribution is 2.32. The summed E-state index contributed by atoms with van der Waals surface area (Å²) in [7, 11) is 5.18. The van der Waals surface area contributed by atoms with Crippen LogP contribution in [0.2, 0.25) is 0 Å². The van der Waals surface area contributed by atoms with Gasteiger partial charge in [-0.2, -0.15) is 0 Å². The van der Waals surface area contributed by atoms with Crippen LogP contribution in [0.15, 0.2) is 23.2 Å². The number of unbranched alkanes of at least 4 members (excludes halogenated alkanes) is 1. The molecule has 1 aliphatic rings. The summed E-state index contributed by atoms with van der Waals surface area (Å²) >= 11 is 0. The molecule has 164 valence electrons. The highest BCUT2D eigenvalue weighted by Gasteiger charge is 2.24. The molecule has 0 saturated carbocycles. The average molecular weight is 405 g/mol. The Bertz CT molecular complexity index is 652. The Morgan fingerprint density at radius 3 is 2.45 bits per heavy atom. The number of nitrogens with one attached hydrogen (secondary N) is 2. The number of piperidine rings is 1. The van der Waals surface area contributed by atoms with Crippen LogP contribution < -0.4 is 20.1 Å². The third-order valence-electron chi connectivity index (χ3n) is 5.84. The van der Waals surface area contributed by atoms with Gasteiger partial charge in [0, 0.05) is 38.1 Å². The maximum atomic E-state index is 5.47. The van der Waals surface area contributed by atoms with Gasteiger partial charge in [-0.25, -0.2) is 0 Å². The number of aliphatic imine (C=N–C) groups is 1. The molecular formula is C23H40N4O2. The second-order valence-corrected chi connectivity index (χ2v) is 8.49. The van der Waals surface area contributed by atoms with Gasteiger partial charge >= 0.3 is 0 Å². The summed E-state index contributed by atoms with van der Waals surface area (Å²) in [6.45, 7) is 11.1. The zero-order valence-electron chi connectivity index (χ0n) is 19.2. The van der Waals surface area contributed by atoms with Gasteiger partial charge < -0.3 is 25.0 Å². The van der Waals surface area contributed by atoms with Gasteiger partial charge in [-0.3, -0.25) is 4.99 Å². The number of likely N-dealkylation sites (tertiary alicyclic amines) is 1. The molecule has 0 aliphatic carbocycles. The Hall–Kier alpha value is -1.95. The summed E-state index contributed by atoms with van der Waals surface area (Å²) in [5, 5.41) is 7.13. The van der Waals surface area contributed by atoms with Crippen molar-refractivity contribution in [2.45, 2.75) is 57.9 Å². The lowest BCUT2D eigenvalue weighted by Gasteiger charge is -2.34. The molecule has 0 atom stereocenters. The predicted molar refractivity (Wildman–Crippen MR) is 121 cm³/mol. The molecule has 2 N–H and O–H groups in total. The van der Waals surface area contributed by atoms with Crippen LogP contribution in [0, 0.1) is 0 Å². The molecule has 1 aromatic carbocycles. The molecule has 1 aromatic rings. The number of guanidine groups is 1. The summed E-state index contributed by atoms with van der Waals surface area (Å²) in [6, 6.07) is 6.62. The van der Waals surface area contributed by atoms with Crippen LogP contribution in [0.4, 0.5) is 0 Å². The van der Waals surface area contributed by atoms with Crippen molar-refractivity contribution >= 4 is 5.96 Å². The van der Waals surface area contributed by atoms with Crippen molar-refractivity contribution < 1.29 is 9.47 Å². The van der Waals surface area contributed by atoms with Crippen LogP contribution in [0.25, 0.3) is 0 Å². The zero-order chi connectivity index (χ0) is 21.3. The highest BCUT2D eigenvalue weighted by molar-refractivity contribution is 5.80. The third kappa shape index (κ3) is 6.81. The van der Waals surface area contributed by atoms with E-state index in [0.29, 0.717) is 6.04 Å². The van der Waals surface area contributed by atoms with E-state index in [2.05, 4.69) is 53.4 Å². The molecule has 0 radical (unpaired) electrons. The molecule has 1 fully saturated rings. The van der Waals surface area contributed by atoms with Gasteiger partial charge in [-0.05, 0) is 43.5 Å². The summed E-state index contributed by atoms with van der Waals surface area (Å²) in [6.07, 6.45) is 4.91. The fourth-order valence-corrected chi connectivity index (χ4v) is 3.73. The molecule has 6 nitrogen and oxygen atoms in total. The lowest BCUT2D eigenvalue weighted by atomic mass is 9.84. The number of methoxy groups -OCH3 is 2. The quantitative estimate of drug-likeness (QED) is 0.488. The van der Waals surface area contributed by atoms with Crippen molar-refractivity contribution in [1.82, 2.24) is 15.5 Å². The second kappa shape index (κ2) is 11.3. The number of benzene rings is 1. The van der Waals surface area contributed by atoms with Crippen molar-refractivity contribution in [3.05, 3.63) is 23.8 Å². The van der Waals surface area contributed by atoms with Gasteiger partial charge in [0.2, 0.25) is 0 Å². The number of rotatable bonds is 9. The third-order valence-corrected chi connectivity index (χ3v) is 5.84. The Morgan fingerprint density at radius 1 is 1.17 bits per heavy atom. The van der Waals surface area contributed by atoms with E-state index in [9.17, 15) is 0 Å². The summed E-state index contributed by atoms with van der Waals surface area (Å²) < 4.78 is 10.8. The number of nitrogens with zero attached hydrogens (tertiary/aromatic N) is 2. The zero-order valence-corrected chi connectivity index (χ0v) is 19.2. The largest absolute Gasteiger partial charge is 0.493 e. The van der Waals surface area contributed by atoms with Crippen molar-refractivity contribution in [2.24, 2.45) is 4.99 Å². The first-order valence-electron chi connectivity index (χ1n) is 10.9. The molecule has 0 bridgehead atoms. The molecular weight excluding hydrogens is 364 g/mol. The summed E-state index contributed by atoms with van der Waals surface area (Å²) in [5.74, 6) is 2.39. The monoisotopic (exact) mass is 404 g/mol. The first-order chi connectivity index (χ1) is 13.9. The summed E-state index contributed by atoms with van der Waals surface area (Å²) in [4.78, 5) is 7.03. The first-order valence-corrected chi connectivity index (χ1v) is 10.9. The molecule has 0 amide bonds. The first kappa shape index (κ1) is 23.3. The Morgan fingerprint density at radius 2 is 1.86 bits per heavy atom. The Kier molecular flexibility index (Phi) is 9.08. The van der Waals surface area contributed by atoms with Gasteiger partial charge in [0.05, 0.1) is 14.2 Å². The van der Waals surface area contributed by atoms with Crippen molar-refractivity contribution in [1.29, 1.82) is 0 Å². The predicted octanol–water partition coefficient (Wildman–Crippen LogP) is 3.41. The fraction of sp³-hybridized carbons (Fsp3) is 0.696. The van der Waals surface area contributed by atoms with E-state index < -0.39 is 0 Å². The molecule has 1 saturated heterocycles. The molecule has 2 rings (SSSR count). The van der Waals surface area contributed by atoms with Crippen LogP contribution >= 0.6 is 0 Å². The van der Waals surface area contributed by atoms with E-state index in [-0.39, 0.29) is 5.41 Å². The van der Waals surface area contributed by atoms with Gasteiger partial charge in [-0.1, -0.05) is 33.3 Å². The molecule has 1 aliphatic heterocycles. The lowest BCUT2D eigenvalue weighted by Crippen LogP contribution is -2.50. The molecule has 6 heteroatoms. The van der Waals surface area contributed by atoms with Crippen LogP contribution in [0.5, 0.6) is 11.5 Å². The number of hydrogen-bond donors (Lipinski definition) is 2. The van der Waals surface area contributed by atoms with Crippen LogP contribution in [-0.4, -0.2) is 64.3 Å². The summed E-state index contributed by atoms with van der Waals surface area (Å²) in [5.41, 5.74) is 1.11.